The van der Waals surface area contributed by atoms with Gasteiger partial charge in [0, 0.05) is 12.6 Å². The molecule has 21 heavy (non-hydrogen) atoms. The van der Waals surface area contributed by atoms with Gasteiger partial charge in [-0.15, -0.1) is 0 Å². The molecule has 0 spiro atoms. The van der Waals surface area contributed by atoms with E-state index in [1.165, 1.54) is 0 Å². The summed E-state index contributed by atoms with van der Waals surface area (Å²) >= 11 is 0. The number of nitrogens with zero attached hydrogens (tertiary/aromatic N) is 3. The predicted molar refractivity (Wildman–Crippen MR) is 80.5 cm³/mol. The molecule has 0 radical (unpaired) electrons. The van der Waals surface area contributed by atoms with E-state index in [1.54, 1.807) is 22.8 Å². The van der Waals surface area contributed by atoms with Crippen molar-refractivity contribution in [2.75, 3.05) is 13.2 Å². The van der Waals surface area contributed by atoms with E-state index in [2.05, 4.69) is 12.0 Å². The highest BCUT2D eigenvalue weighted by atomic mass is 32.2. The lowest BCUT2D eigenvalue weighted by atomic mass is 9.95. The largest absolute Gasteiger partial charge is 0.394 e. The molecule has 1 N–H and O–H groups in total. The lowest BCUT2D eigenvalue weighted by Crippen LogP contribution is -2.44. The zero-order chi connectivity index (χ0) is 15.8. The third kappa shape index (κ3) is 3.00. The Kier molecular flexibility index (Phi) is 4.75. The minimum absolute atomic E-state index is 0.0127. The summed E-state index contributed by atoms with van der Waals surface area (Å²) in [4.78, 5) is 0.303. The SMILES string of the molecule is Cc1nn(CCO)c(C)c1S(=O)(=O)N1CCC(C)CC1C. The molecule has 2 rings (SSSR count). The summed E-state index contributed by atoms with van der Waals surface area (Å²) in [6.07, 6.45) is 1.79. The van der Waals surface area contributed by atoms with Gasteiger partial charge in [-0.1, -0.05) is 6.92 Å². The lowest BCUT2D eigenvalue weighted by Gasteiger charge is -2.35. The molecule has 0 aliphatic carbocycles. The van der Waals surface area contributed by atoms with Crippen LogP contribution in [0.5, 0.6) is 0 Å². The molecule has 1 aromatic rings. The van der Waals surface area contributed by atoms with E-state index in [0.29, 0.717) is 35.3 Å². The van der Waals surface area contributed by atoms with Gasteiger partial charge in [-0.3, -0.25) is 4.68 Å². The van der Waals surface area contributed by atoms with Gasteiger partial charge < -0.3 is 5.11 Å². The van der Waals surface area contributed by atoms with Gasteiger partial charge in [0.1, 0.15) is 4.90 Å². The molecular weight excluding hydrogens is 290 g/mol. The van der Waals surface area contributed by atoms with Crippen molar-refractivity contribution in [3.8, 4) is 0 Å². The van der Waals surface area contributed by atoms with Gasteiger partial charge in [0.05, 0.1) is 24.5 Å². The molecule has 0 bridgehead atoms. The summed E-state index contributed by atoms with van der Waals surface area (Å²) in [6.45, 7) is 8.42. The standard InChI is InChI=1S/C14H25N3O3S/c1-10-5-6-17(11(2)9-10)21(19,20)14-12(3)15-16(7-8-18)13(14)4/h10-11,18H,5-9H2,1-4H3. The summed E-state index contributed by atoms with van der Waals surface area (Å²) in [5.74, 6) is 0.561. The summed E-state index contributed by atoms with van der Waals surface area (Å²) in [5.41, 5.74) is 1.11. The Labute approximate surface area is 126 Å². The van der Waals surface area contributed by atoms with Crippen molar-refractivity contribution in [3.63, 3.8) is 0 Å². The monoisotopic (exact) mass is 315 g/mol. The molecule has 2 unspecified atom stereocenters. The zero-order valence-corrected chi connectivity index (χ0v) is 14.0. The van der Waals surface area contributed by atoms with Crippen LogP contribution < -0.4 is 0 Å². The fraction of sp³-hybridized carbons (Fsp3) is 0.786. The Bertz CT molecular complexity index is 609. The molecule has 1 aromatic heterocycles. The van der Waals surface area contributed by atoms with Crippen molar-refractivity contribution < 1.29 is 13.5 Å². The summed E-state index contributed by atoms with van der Waals surface area (Å²) < 4.78 is 29.1. The smallest absolute Gasteiger partial charge is 0.246 e. The maximum absolute atomic E-state index is 13.0. The van der Waals surface area contributed by atoms with Crippen molar-refractivity contribution >= 4 is 10.0 Å². The van der Waals surface area contributed by atoms with Crippen molar-refractivity contribution in [2.24, 2.45) is 5.92 Å². The van der Waals surface area contributed by atoms with Gasteiger partial charge in [0.15, 0.2) is 0 Å². The van der Waals surface area contributed by atoms with Gasteiger partial charge in [-0.25, -0.2) is 8.42 Å². The quantitative estimate of drug-likeness (QED) is 0.909. The molecule has 2 atom stereocenters. The normalized spacial score (nSPS) is 24.4. The van der Waals surface area contributed by atoms with E-state index in [9.17, 15) is 8.42 Å². The Balaban J connectivity index is 2.40. The van der Waals surface area contributed by atoms with E-state index in [0.717, 1.165) is 12.8 Å². The van der Waals surface area contributed by atoms with Crippen LogP contribution in [-0.4, -0.2) is 46.8 Å². The first-order valence-electron chi connectivity index (χ1n) is 7.45. The minimum Gasteiger partial charge on any atom is -0.394 e. The van der Waals surface area contributed by atoms with Crippen LogP contribution in [0.15, 0.2) is 4.90 Å². The highest BCUT2D eigenvalue weighted by Gasteiger charge is 2.36. The second-order valence-corrected chi connectivity index (χ2v) is 7.87. The van der Waals surface area contributed by atoms with Crippen LogP contribution >= 0.6 is 0 Å². The van der Waals surface area contributed by atoms with Gasteiger partial charge in [-0.05, 0) is 39.5 Å². The van der Waals surface area contributed by atoms with Crippen molar-refractivity contribution in [2.45, 2.75) is 58.0 Å². The van der Waals surface area contributed by atoms with Crippen molar-refractivity contribution in [1.29, 1.82) is 0 Å². The van der Waals surface area contributed by atoms with E-state index < -0.39 is 10.0 Å². The van der Waals surface area contributed by atoms with Crippen LogP contribution in [0.4, 0.5) is 0 Å². The average Bonchev–Trinajstić information content (AvgIpc) is 2.64. The Morgan fingerprint density at radius 3 is 2.57 bits per heavy atom. The number of rotatable bonds is 4. The molecule has 1 aliphatic heterocycles. The fourth-order valence-electron chi connectivity index (χ4n) is 3.23. The third-order valence-electron chi connectivity index (χ3n) is 4.27. The number of aliphatic hydroxyl groups is 1. The average molecular weight is 315 g/mol. The van der Waals surface area contributed by atoms with Crippen LogP contribution in [0.3, 0.4) is 0 Å². The lowest BCUT2D eigenvalue weighted by molar-refractivity contribution is 0.220. The number of sulfonamides is 1. The number of hydrogen-bond acceptors (Lipinski definition) is 4. The number of aliphatic hydroxyl groups excluding tert-OH is 1. The van der Waals surface area contributed by atoms with Crippen molar-refractivity contribution in [1.82, 2.24) is 14.1 Å². The van der Waals surface area contributed by atoms with E-state index >= 15 is 0 Å². The molecule has 0 aromatic carbocycles. The molecule has 7 heteroatoms. The van der Waals surface area contributed by atoms with Crippen LogP contribution in [0.2, 0.25) is 0 Å². The number of aromatic nitrogens is 2. The third-order valence-corrected chi connectivity index (χ3v) is 6.54. The van der Waals surface area contributed by atoms with Crippen LogP contribution in [0, 0.1) is 19.8 Å². The Morgan fingerprint density at radius 1 is 1.33 bits per heavy atom. The zero-order valence-electron chi connectivity index (χ0n) is 13.2. The second kappa shape index (κ2) is 6.06. The van der Waals surface area contributed by atoms with Crippen LogP contribution in [0.1, 0.15) is 38.1 Å². The fourth-order valence-corrected chi connectivity index (χ4v) is 5.26. The molecule has 1 saturated heterocycles. The maximum Gasteiger partial charge on any atom is 0.246 e. The van der Waals surface area contributed by atoms with Crippen LogP contribution in [-0.2, 0) is 16.6 Å². The van der Waals surface area contributed by atoms with Gasteiger partial charge >= 0.3 is 0 Å². The molecular formula is C14H25N3O3S. The van der Waals surface area contributed by atoms with E-state index in [-0.39, 0.29) is 12.6 Å². The molecule has 6 nitrogen and oxygen atoms in total. The molecule has 1 fully saturated rings. The van der Waals surface area contributed by atoms with Gasteiger partial charge in [0.25, 0.3) is 0 Å². The highest BCUT2D eigenvalue weighted by molar-refractivity contribution is 7.89. The van der Waals surface area contributed by atoms with E-state index in [1.807, 2.05) is 6.92 Å². The molecule has 1 aliphatic rings. The Morgan fingerprint density at radius 2 is 2.00 bits per heavy atom. The summed E-state index contributed by atoms with van der Waals surface area (Å²) in [5, 5.41) is 13.3. The predicted octanol–water partition coefficient (Wildman–Crippen LogP) is 1.30. The number of aryl methyl sites for hydroxylation is 1. The van der Waals surface area contributed by atoms with E-state index in [4.69, 9.17) is 5.11 Å². The maximum atomic E-state index is 13.0. The van der Waals surface area contributed by atoms with Crippen LogP contribution in [0.25, 0.3) is 0 Å². The highest BCUT2D eigenvalue weighted by Crippen LogP contribution is 2.30. The molecule has 120 valence electrons. The van der Waals surface area contributed by atoms with Gasteiger partial charge in [-0.2, -0.15) is 9.40 Å². The summed E-state index contributed by atoms with van der Waals surface area (Å²) in [7, 11) is -3.53. The first-order valence-corrected chi connectivity index (χ1v) is 8.89. The number of hydrogen-bond donors (Lipinski definition) is 1. The second-order valence-electron chi connectivity index (χ2n) is 6.04. The first-order chi connectivity index (χ1) is 9.78. The molecule has 0 saturated carbocycles. The molecule has 0 amide bonds. The summed E-state index contributed by atoms with van der Waals surface area (Å²) in [6, 6.07) is 0.0127. The first kappa shape index (κ1) is 16.5. The number of piperidine rings is 1. The minimum atomic E-state index is -3.53. The van der Waals surface area contributed by atoms with Crippen molar-refractivity contribution in [3.05, 3.63) is 11.4 Å². The molecule has 2 heterocycles. The topological polar surface area (TPSA) is 75.4 Å². The Hall–Kier alpha value is -0.920. The van der Waals surface area contributed by atoms with Gasteiger partial charge in [0.2, 0.25) is 10.0 Å².